The van der Waals surface area contributed by atoms with Crippen LogP contribution in [0.2, 0.25) is 0 Å². The number of nitrogens with zero attached hydrogens (tertiary/aromatic N) is 1. The number of hydrogen-bond donors (Lipinski definition) is 1. The third-order valence-corrected chi connectivity index (χ3v) is 2.53. The summed E-state index contributed by atoms with van der Waals surface area (Å²) in [5, 5.41) is 9.60. The number of pyridine rings is 1. The Bertz CT molecular complexity index is 341. The predicted molar refractivity (Wildman–Crippen MR) is 52.0 cm³/mol. The molecular formula is C11H13NO2. The first-order chi connectivity index (χ1) is 6.68. The van der Waals surface area contributed by atoms with Gasteiger partial charge in [-0.25, -0.2) is 0 Å². The lowest BCUT2D eigenvalue weighted by molar-refractivity contribution is 0.0703. The summed E-state index contributed by atoms with van der Waals surface area (Å²) in [6.07, 6.45) is 2.64. The minimum Gasteiger partial charge on any atom is -0.385 e. The van der Waals surface area contributed by atoms with E-state index in [9.17, 15) is 9.90 Å². The number of aromatic nitrogens is 1. The van der Waals surface area contributed by atoms with Crippen LogP contribution < -0.4 is 0 Å². The van der Waals surface area contributed by atoms with Crippen LogP contribution >= 0.6 is 0 Å². The van der Waals surface area contributed by atoms with Gasteiger partial charge in [0.1, 0.15) is 6.10 Å². The molecule has 3 heteroatoms. The molecule has 14 heavy (non-hydrogen) atoms. The number of carbonyl (C=O) groups excluding carboxylic acids is 1. The second-order valence-corrected chi connectivity index (χ2v) is 3.83. The van der Waals surface area contributed by atoms with E-state index >= 15 is 0 Å². The highest BCUT2D eigenvalue weighted by Gasteiger charge is 2.34. The van der Waals surface area contributed by atoms with Crippen LogP contribution in [-0.4, -0.2) is 22.0 Å². The fraction of sp³-hybridized carbons (Fsp3) is 0.455. The van der Waals surface area contributed by atoms with Crippen LogP contribution in [0.15, 0.2) is 18.3 Å². The minimum atomic E-state index is -0.820. The molecule has 0 saturated heterocycles. The maximum Gasteiger partial charge on any atom is 0.193 e. The van der Waals surface area contributed by atoms with Crippen molar-refractivity contribution in [3.05, 3.63) is 29.6 Å². The number of aryl methyl sites for hydroxylation is 1. The molecule has 0 amide bonds. The van der Waals surface area contributed by atoms with Crippen LogP contribution in [0.3, 0.4) is 0 Å². The molecule has 1 aliphatic rings. The Morgan fingerprint density at radius 1 is 1.57 bits per heavy atom. The van der Waals surface area contributed by atoms with E-state index in [2.05, 4.69) is 4.98 Å². The van der Waals surface area contributed by atoms with Gasteiger partial charge in [-0.05, 0) is 37.8 Å². The monoisotopic (exact) mass is 191 g/mol. The van der Waals surface area contributed by atoms with Gasteiger partial charge in [-0.2, -0.15) is 0 Å². The molecule has 1 saturated carbocycles. The smallest absolute Gasteiger partial charge is 0.193 e. The number of aliphatic hydroxyl groups is 1. The average Bonchev–Trinajstić information content (AvgIpc) is 3.00. The first-order valence-electron chi connectivity index (χ1n) is 4.83. The summed E-state index contributed by atoms with van der Waals surface area (Å²) in [5.74, 6) is -0.0104. The summed E-state index contributed by atoms with van der Waals surface area (Å²) < 4.78 is 0. The zero-order chi connectivity index (χ0) is 10.1. The summed E-state index contributed by atoms with van der Waals surface area (Å²) in [6.45, 7) is 1.87. The number of hydrogen-bond acceptors (Lipinski definition) is 3. The normalized spacial score (nSPS) is 17.9. The topological polar surface area (TPSA) is 50.2 Å². The summed E-state index contributed by atoms with van der Waals surface area (Å²) in [7, 11) is 0. The highest BCUT2D eigenvalue weighted by molar-refractivity contribution is 5.99. The van der Waals surface area contributed by atoms with Gasteiger partial charge in [0.25, 0.3) is 0 Å². The average molecular weight is 191 g/mol. The number of rotatable bonds is 3. The quantitative estimate of drug-likeness (QED) is 0.733. The van der Waals surface area contributed by atoms with Gasteiger partial charge in [0.05, 0.1) is 0 Å². The number of ketones is 1. The zero-order valence-electron chi connectivity index (χ0n) is 8.10. The Labute approximate surface area is 82.8 Å². The van der Waals surface area contributed by atoms with Gasteiger partial charge < -0.3 is 5.11 Å². The summed E-state index contributed by atoms with van der Waals surface area (Å²) in [6, 6.07) is 3.50. The fourth-order valence-electron chi connectivity index (χ4n) is 1.41. The van der Waals surface area contributed by atoms with Gasteiger partial charge in [-0.15, -0.1) is 0 Å². The predicted octanol–water partition coefficient (Wildman–Crippen LogP) is 1.34. The van der Waals surface area contributed by atoms with Crippen LogP contribution in [0.25, 0.3) is 0 Å². The van der Waals surface area contributed by atoms with Crippen molar-refractivity contribution in [2.75, 3.05) is 0 Å². The van der Waals surface area contributed by atoms with E-state index in [1.54, 1.807) is 12.1 Å². The van der Waals surface area contributed by atoms with E-state index in [1.807, 2.05) is 6.92 Å². The van der Waals surface area contributed by atoms with Crippen molar-refractivity contribution in [3.63, 3.8) is 0 Å². The number of carbonyl (C=O) groups is 1. The molecule has 2 rings (SSSR count). The summed E-state index contributed by atoms with van der Waals surface area (Å²) in [4.78, 5) is 15.7. The third-order valence-electron chi connectivity index (χ3n) is 2.53. The van der Waals surface area contributed by atoms with Crippen molar-refractivity contribution in [1.29, 1.82) is 0 Å². The fourth-order valence-corrected chi connectivity index (χ4v) is 1.41. The van der Waals surface area contributed by atoms with E-state index in [4.69, 9.17) is 0 Å². The molecule has 1 aromatic heterocycles. The molecule has 74 valence electrons. The maximum absolute atomic E-state index is 11.6. The lowest BCUT2D eigenvalue weighted by Crippen LogP contribution is -2.22. The van der Waals surface area contributed by atoms with Crippen LogP contribution in [0.1, 0.15) is 28.9 Å². The molecular weight excluding hydrogens is 178 g/mol. The Kier molecular flexibility index (Phi) is 2.33. The second kappa shape index (κ2) is 3.50. The molecule has 0 spiro atoms. The van der Waals surface area contributed by atoms with Crippen molar-refractivity contribution in [1.82, 2.24) is 4.98 Å². The molecule has 0 aliphatic heterocycles. The molecule has 1 aliphatic carbocycles. The summed E-state index contributed by atoms with van der Waals surface area (Å²) in [5.41, 5.74) is 1.39. The lowest BCUT2D eigenvalue weighted by Gasteiger charge is -2.07. The molecule has 3 nitrogen and oxygen atoms in total. The Hall–Kier alpha value is -1.22. The molecule has 0 bridgehead atoms. The largest absolute Gasteiger partial charge is 0.385 e. The van der Waals surface area contributed by atoms with E-state index in [0.717, 1.165) is 18.5 Å². The van der Waals surface area contributed by atoms with Crippen LogP contribution in [0, 0.1) is 12.8 Å². The molecule has 1 unspecified atom stereocenters. The second-order valence-electron chi connectivity index (χ2n) is 3.83. The highest BCUT2D eigenvalue weighted by Crippen LogP contribution is 2.33. The van der Waals surface area contributed by atoms with E-state index in [1.165, 1.54) is 6.20 Å². The Morgan fingerprint density at radius 3 is 2.79 bits per heavy atom. The van der Waals surface area contributed by atoms with E-state index in [0.29, 0.717) is 5.56 Å². The first-order valence-corrected chi connectivity index (χ1v) is 4.83. The third kappa shape index (κ3) is 1.82. The molecule has 1 heterocycles. The highest BCUT2D eigenvalue weighted by atomic mass is 16.3. The molecule has 1 N–H and O–H groups in total. The summed E-state index contributed by atoms with van der Waals surface area (Å²) >= 11 is 0. The Balaban J connectivity index is 2.13. The van der Waals surface area contributed by atoms with Crippen LogP contribution in [0.4, 0.5) is 0 Å². The van der Waals surface area contributed by atoms with Crippen molar-refractivity contribution in [3.8, 4) is 0 Å². The van der Waals surface area contributed by atoms with Gasteiger partial charge in [0, 0.05) is 17.5 Å². The number of aliphatic hydroxyl groups excluding tert-OH is 1. The number of Topliss-reactive ketones (excluding diaryl/α,β-unsaturated/α-hetero) is 1. The zero-order valence-corrected chi connectivity index (χ0v) is 8.10. The van der Waals surface area contributed by atoms with Crippen molar-refractivity contribution in [2.45, 2.75) is 25.9 Å². The van der Waals surface area contributed by atoms with Gasteiger partial charge in [0.15, 0.2) is 5.78 Å². The minimum absolute atomic E-state index is 0.184. The van der Waals surface area contributed by atoms with Crippen molar-refractivity contribution >= 4 is 5.78 Å². The molecule has 1 fully saturated rings. The molecule has 0 radical (unpaired) electrons. The maximum atomic E-state index is 11.6. The molecule has 0 aromatic carbocycles. The van der Waals surface area contributed by atoms with E-state index in [-0.39, 0.29) is 11.7 Å². The standard InChI is InChI=1S/C11H13NO2/c1-7-2-3-9(6-12-7)11(14)10(13)8-4-5-8/h2-3,6,8,10,13H,4-5H2,1H3. The SMILES string of the molecule is Cc1ccc(C(=O)C(O)C2CC2)cn1. The van der Waals surface area contributed by atoms with Crippen LogP contribution in [0.5, 0.6) is 0 Å². The lowest BCUT2D eigenvalue weighted by atomic mass is 10.0. The van der Waals surface area contributed by atoms with E-state index < -0.39 is 6.10 Å². The van der Waals surface area contributed by atoms with Gasteiger partial charge >= 0.3 is 0 Å². The van der Waals surface area contributed by atoms with Gasteiger partial charge in [-0.1, -0.05) is 0 Å². The van der Waals surface area contributed by atoms with Crippen molar-refractivity contribution < 1.29 is 9.90 Å². The van der Waals surface area contributed by atoms with Crippen LogP contribution in [-0.2, 0) is 0 Å². The molecule has 1 atom stereocenters. The Morgan fingerprint density at radius 2 is 2.29 bits per heavy atom. The first kappa shape index (κ1) is 9.34. The van der Waals surface area contributed by atoms with Crippen molar-refractivity contribution in [2.24, 2.45) is 5.92 Å². The van der Waals surface area contributed by atoms with Gasteiger partial charge in [-0.3, -0.25) is 9.78 Å². The molecule has 1 aromatic rings. The van der Waals surface area contributed by atoms with Gasteiger partial charge in [0.2, 0.25) is 0 Å².